The monoisotopic (exact) mass is 182 g/mol. The first kappa shape index (κ1) is 13.9. The zero-order valence-electron chi connectivity index (χ0n) is 6.45. The molecule has 1 saturated heterocycles. The zero-order valence-corrected chi connectivity index (χ0v) is 7.87. The molecule has 5 nitrogen and oxygen atoms in total. The Balaban J connectivity index is 0. The van der Waals surface area contributed by atoms with Crippen molar-refractivity contribution in [2.75, 3.05) is 26.2 Å². The smallest absolute Gasteiger partial charge is 0.402 e. The normalized spacial score (nSPS) is 15.5. The van der Waals surface area contributed by atoms with Crippen molar-refractivity contribution in [2.24, 2.45) is 0 Å². The lowest BCUT2D eigenvalue weighted by Gasteiger charge is -2.11. The number of piperazine rings is 1. The molecule has 1 atom stereocenters. The highest BCUT2D eigenvalue weighted by atomic mass is 31.0. The predicted octanol–water partition coefficient (Wildman–Crippen LogP) is -2.81. The van der Waals surface area contributed by atoms with E-state index in [0.29, 0.717) is 0 Å². The van der Waals surface area contributed by atoms with Gasteiger partial charge in [-0.1, -0.05) is 0 Å². The molecule has 7 heteroatoms. The summed E-state index contributed by atoms with van der Waals surface area (Å²) in [7, 11) is -2.17. The quantitative estimate of drug-likeness (QED) is 0.206. The van der Waals surface area contributed by atoms with Crippen molar-refractivity contribution in [1.29, 1.82) is 0 Å². The van der Waals surface area contributed by atoms with Gasteiger partial charge >= 0.3 is 7.32 Å². The van der Waals surface area contributed by atoms with Gasteiger partial charge in [0.1, 0.15) is 0 Å². The predicted molar refractivity (Wildman–Crippen MR) is 49.3 cm³/mol. The molecule has 0 aromatic rings. The van der Waals surface area contributed by atoms with E-state index in [1.165, 1.54) is 0 Å². The standard InChI is InChI=1S/C4H10N2.BH3O3.H3P/c1-2-6-4-3-5-1;2-1(3)4;/h5-6H,1-4H2;2-4H;1H3. The minimum absolute atomic E-state index is 0. The van der Waals surface area contributed by atoms with Crippen LogP contribution in [0.5, 0.6) is 0 Å². The van der Waals surface area contributed by atoms with E-state index >= 15 is 0 Å². The first-order valence-corrected chi connectivity index (χ1v) is 3.19. The van der Waals surface area contributed by atoms with Gasteiger partial charge in [0.25, 0.3) is 0 Å². The molecule has 0 spiro atoms. The highest BCUT2D eigenvalue weighted by Gasteiger charge is 1.92. The molecule has 1 rings (SSSR count). The Morgan fingerprint density at radius 2 is 1.00 bits per heavy atom. The van der Waals surface area contributed by atoms with Crippen LogP contribution in [0.2, 0.25) is 0 Å². The third-order valence-corrected chi connectivity index (χ3v) is 0.957. The molecule has 1 heterocycles. The third kappa shape index (κ3) is 17.9. The van der Waals surface area contributed by atoms with Gasteiger partial charge in [0.2, 0.25) is 0 Å². The van der Waals surface area contributed by atoms with Crippen LogP contribution < -0.4 is 10.6 Å². The van der Waals surface area contributed by atoms with Gasteiger partial charge in [-0.3, -0.25) is 0 Å². The van der Waals surface area contributed by atoms with Crippen molar-refractivity contribution >= 4 is 17.2 Å². The zero-order chi connectivity index (χ0) is 7.82. The maximum Gasteiger partial charge on any atom is 0.631 e. The second kappa shape index (κ2) is 10.3. The van der Waals surface area contributed by atoms with Crippen LogP contribution in [0.3, 0.4) is 0 Å². The molecule has 0 radical (unpaired) electrons. The van der Waals surface area contributed by atoms with Gasteiger partial charge in [0.15, 0.2) is 0 Å². The summed E-state index contributed by atoms with van der Waals surface area (Å²) in [5.74, 6) is 0. The topological polar surface area (TPSA) is 84.8 Å². The van der Waals surface area contributed by atoms with Gasteiger partial charge in [-0.25, -0.2) is 0 Å². The molecule has 0 saturated carbocycles. The Morgan fingerprint density at radius 3 is 1.09 bits per heavy atom. The van der Waals surface area contributed by atoms with Crippen LogP contribution >= 0.6 is 9.90 Å². The van der Waals surface area contributed by atoms with Crippen LogP contribution in [-0.4, -0.2) is 48.6 Å². The largest absolute Gasteiger partial charge is 0.631 e. The summed E-state index contributed by atoms with van der Waals surface area (Å²) in [5.41, 5.74) is 0. The molecule has 0 aliphatic carbocycles. The molecule has 11 heavy (non-hydrogen) atoms. The fraction of sp³-hybridized carbons (Fsp3) is 1.00. The van der Waals surface area contributed by atoms with Gasteiger partial charge in [-0.2, -0.15) is 9.90 Å². The van der Waals surface area contributed by atoms with Crippen molar-refractivity contribution < 1.29 is 15.1 Å². The average Bonchev–Trinajstić information content (AvgIpc) is 1.90. The summed E-state index contributed by atoms with van der Waals surface area (Å²) in [6, 6.07) is 0. The average molecular weight is 182 g/mol. The van der Waals surface area contributed by atoms with E-state index in [2.05, 4.69) is 10.6 Å². The highest BCUT2D eigenvalue weighted by Crippen LogP contribution is 1.65. The molecule has 1 unspecified atom stereocenters. The van der Waals surface area contributed by atoms with Crippen LogP contribution in [0.15, 0.2) is 0 Å². The van der Waals surface area contributed by atoms with Crippen LogP contribution in [-0.2, 0) is 0 Å². The Morgan fingerprint density at radius 1 is 0.818 bits per heavy atom. The first-order chi connectivity index (χ1) is 4.73. The number of hydrogen-bond donors (Lipinski definition) is 5. The summed E-state index contributed by atoms with van der Waals surface area (Å²) in [4.78, 5) is 0. The maximum absolute atomic E-state index is 7.17. The van der Waals surface area contributed by atoms with Crippen molar-refractivity contribution in [3.63, 3.8) is 0 Å². The van der Waals surface area contributed by atoms with Gasteiger partial charge in [-0.15, -0.1) is 0 Å². The van der Waals surface area contributed by atoms with Crippen molar-refractivity contribution in [3.05, 3.63) is 0 Å². The third-order valence-electron chi connectivity index (χ3n) is 0.957. The Bertz CT molecular complexity index is 60.1. The van der Waals surface area contributed by atoms with Crippen LogP contribution in [0.25, 0.3) is 0 Å². The molecule has 5 N–H and O–H groups in total. The second-order valence-corrected chi connectivity index (χ2v) is 1.85. The lowest BCUT2D eigenvalue weighted by atomic mass is 10.3. The van der Waals surface area contributed by atoms with E-state index in [1.807, 2.05) is 0 Å². The summed E-state index contributed by atoms with van der Waals surface area (Å²) in [6.45, 7) is 4.56. The lowest BCUT2D eigenvalue weighted by molar-refractivity contribution is 0.278. The van der Waals surface area contributed by atoms with E-state index < -0.39 is 7.32 Å². The first-order valence-electron chi connectivity index (χ1n) is 3.19. The highest BCUT2D eigenvalue weighted by molar-refractivity contribution is 6.92. The Hall–Kier alpha value is 0.295. The number of nitrogens with one attached hydrogen (secondary N) is 2. The van der Waals surface area contributed by atoms with Gasteiger partial charge in [0.05, 0.1) is 0 Å². The van der Waals surface area contributed by atoms with Crippen molar-refractivity contribution in [1.82, 2.24) is 10.6 Å². The Labute approximate surface area is 70.0 Å². The summed E-state index contributed by atoms with van der Waals surface area (Å²) < 4.78 is 0. The van der Waals surface area contributed by atoms with Crippen molar-refractivity contribution in [3.8, 4) is 0 Å². The molecule has 68 valence electrons. The molecule has 1 aliphatic rings. The molecule has 0 amide bonds. The van der Waals surface area contributed by atoms with Gasteiger partial charge < -0.3 is 25.7 Å². The van der Waals surface area contributed by atoms with E-state index in [-0.39, 0.29) is 9.90 Å². The van der Waals surface area contributed by atoms with Crippen LogP contribution in [0, 0.1) is 0 Å². The molecular weight excluding hydrogens is 166 g/mol. The number of hydrogen-bond acceptors (Lipinski definition) is 5. The molecule has 0 aromatic carbocycles. The molecule has 1 aliphatic heterocycles. The molecular formula is C4H16BN2O3P. The second-order valence-electron chi connectivity index (χ2n) is 1.85. The minimum atomic E-state index is -2.17. The van der Waals surface area contributed by atoms with Gasteiger partial charge in [-0.05, 0) is 0 Å². The maximum atomic E-state index is 7.17. The fourth-order valence-corrected chi connectivity index (χ4v) is 0.604. The lowest BCUT2D eigenvalue weighted by Crippen LogP contribution is -2.39. The summed E-state index contributed by atoms with van der Waals surface area (Å²) in [5, 5.41) is 27.9. The van der Waals surface area contributed by atoms with E-state index in [9.17, 15) is 0 Å². The van der Waals surface area contributed by atoms with Crippen molar-refractivity contribution in [2.45, 2.75) is 0 Å². The molecule has 1 fully saturated rings. The molecule has 0 aromatic heterocycles. The van der Waals surface area contributed by atoms with Gasteiger partial charge in [0, 0.05) is 26.2 Å². The van der Waals surface area contributed by atoms with E-state index in [1.54, 1.807) is 0 Å². The van der Waals surface area contributed by atoms with E-state index in [4.69, 9.17) is 15.1 Å². The van der Waals surface area contributed by atoms with Crippen LogP contribution in [0.4, 0.5) is 0 Å². The minimum Gasteiger partial charge on any atom is -0.402 e. The van der Waals surface area contributed by atoms with Crippen LogP contribution in [0.1, 0.15) is 0 Å². The number of rotatable bonds is 0. The van der Waals surface area contributed by atoms with E-state index in [0.717, 1.165) is 26.2 Å². The summed E-state index contributed by atoms with van der Waals surface area (Å²) in [6.07, 6.45) is 0. The molecule has 0 bridgehead atoms. The summed E-state index contributed by atoms with van der Waals surface area (Å²) >= 11 is 0. The Kier molecular flexibility index (Phi) is 13.0. The fourth-order valence-electron chi connectivity index (χ4n) is 0.604. The SMILES string of the molecule is C1CNCCN1.OB(O)O.P.